The van der Waals surface area contributed by atoms with Crippen LogP contribution >= 0.6 is 11.9 Å². The third-order valence-corrected chi connectivity index (χ3v) is 0.936. The van der Waals surface area contributed by atoms with Gasteiger partial charge in [0.1, 0.15) is 5.03 Å². The number of nitrogens with one attached hydrogen (secondary N) is 1. The van der Waals surface area contributed by atoms with Gasteiger partial charge in [-0.3, -0.25) is 5.43 Å². The molecule has 1 aliphatic rings. The number of nitrogens with two attached hydrogens (primary N) is 1. The van der Waals surface area contributed by atoms with E-state index in [1.165, 1.54) is 11.9 Å². The summed E-state index contributed by atoms with van der Waals surface area (Å²) >= 11 is 1.25. The highest BCUT2D eigenvalue weighted by Crippen LogP contribution is 2.06. The van der Waals surface area contributed by atoms with Crippen LogP contribution in [0.1, 0.15) is 0 Å². The van der Waals surface area contributed by atoms with Gasteiger partial charge in [0.25, 0.3) is 0 Å². The van der Waals surface area contributed by atoms with Gasteiger partial charge >= 0.3 is 0 Å². The predicted molar refractivity (Wildman–Crippen MR) is 25.1 cm³/mol. The lowest BCUT2D eigenvalue weighted by molar-refractivity contribution is 0.879. The Morgan fingerprint density at radius 3 is 3.00 bits per heavy atom. The lowest BCUT2D eigenvalue weighted by Crippen LogP contribution is -2.02. The highest BCUT2D eigenvalue weighted by atomic mass is 32.2. The second kappa shape index (κ2) is 1.40. The molecule has 3 N–H and O–H groups in total. The number of hydrogen-bond donors (Lipinski definition) is 2. The predicted octanol–water partition coefficient (Wildman–Crippen LogP) is -0.485. The first-order valence-corrected chi connectivity index (χ1v) is 2.25. The van der Waals surface area contributed by atoms with Gasteiger partial charge in [-0.1, -0.05) is 4.83 Å². The van der Waals surface area contributed by atoms with Gasteiger partial charge in [0.05, 0.1) is 0 Å². The Kier molecular flexibility index (Phi) is 0.894. The molecule has 0 bridgehead atoms. The molecule has 0 unspecified atom stereocenters. The molecule has 1 heterocycles. The largest absolute Gasteiger partial charge is 0.391 e. The van der Waals surface area contributed by atoms with Crippen LogP contribution < -0.4 is 16.0 Å². The maximum absolute atomic E-state index is 5.20. The van der Waals surface area contributed by atoms with Crippen LogP contribution in [0.5, 0.6) is 0 Å². The third kappa shape index (κ3) is 0.580. The summed E-state index contributed by atoms with van der Waals surface area (Å²) in [6.07, 6.45) is 1.64. The van der Waals surface area contributed by atoms with Crippen molar-refractivity contribution in [3.8, 4) is 0 Å². The van der Waals surface area contributed by atoms with Crippen LogP contribution in [0.25, 0.3) is 0 Å². The molecule has 0 aromatic heterocycles. The molecule has 4 heteroatoms. The van der Waals surface area contributed by atoms with Gasteiger partial charge in [0, 0.05) is 18.1 Å². The summed E-state index contributed by atoms with van der Waals surface area (Å²) in [5, 5.41) is 0.718. The minimum Gasteiger partial charge on any atom is -0.391 e. The average molecular weight is 102 g/mol. The van der Waals surface area contributed by atoms with Gasteiger partial charge < -0.3 is 5.73 Å². The molecule has 0 saturated carbocycles. The van der Waals surface area contributed by atoms with Crippen LogP contribution in [-0.2, 0) is 0 Å². The van der Waals surface area contributed by atoms with Gasteiger partial charge in [-0.15, -0.1) is 0 Å². The Labute approximate surface area is 40.1 Å². The number of nitrogens with zero attached hydrogens (tertiary/aromatic N) is 1. The lowest BCUT2D eigenvalue weighted by Gasteiger charge is -1.79. The Bertz CT molecular complexity index is 78.9. The maximum Gasteiger partial charge on any atom is 0.102 e. The Balaban J connectivity index is 2.45. The molecule has 0 aromatic rings. The zero-order chi connectivity index (χ0) is 4.41. The number of rotatable bonds is 0. The van der Waals surface area contributed by atoms with Gasteiger partial charge in [-0.05, 0) is 0 Å². The zero-order valence-electron chi connectivity index (χ0n) is 3.01. The quantitative estimate of drug-likeness (QED) is 0.406. The average Bonchev–Trinajstić information content (AvgIpc) is 1.86. The van der Waals surface area contributed by atoms with Crippen LogP contribution in [0.3, 0.4) is 0 Å². The van der Waals surface area contributed by atoms with Crippen molar-refractivity contribution in [2.75, 3.05) is 0 Å². The summed E-state index contributed by atoms with van der Waals surface area (Å²) in [6.45, 7) is 0. The van der Waals surface area contributed by atoms with E-state index in [4.69, 9.17) is 5.73 Å². The van der Waals surface area contributed by atoms with Gasteiger partial charge in [-0.2, -0.15) is 0 Å². The standard InChI is InChI=1S/C2H4N3S/c3-2-1-4-5-6-2/h1,4H,3H2. The minimum atomic E-state index is 0.718. The minimum absolute atomic E-state index is 0.718. The molecule has 6 heavy (non-hydrogen) atoms. The Hall–Kier alpha value is -0.350. The molecule has 0 fully saturated rings. The van der Waals surface area contributed by atoms with Crippen molar-refractivity contribution in [1.29, 1.82) is 0 Å². The van der Waals surface area contributed by atoms with Crippen LogP contribution in [0.15, 0.2) is 11.2 Å². The molecule has 3 nitrogen and oxygen atoms in total. The van der Waals surface area contributed by atoms with Crippen LogP contribution in [0, 0.1) is 0 Å². The van der Waals surface area contributed by atoms with E-state index in [-0.39, 0.29) is 0 Å². The van der Waals surface area contributed by atoms with E-state index in [1.807, 2.05) is 0 Å². The summed E-state index contributed by atoms with van der Waals surface area (Å²) in [4.78, 5) is 3.61. The third-order valence-electron chi connectivity index (χ3n) is 0.411. The van der Waals surface area contributed by atoms with Crippen LogP contribution in [0.4, 0.5) is 0 Å². The Morgan fingerprint density at radius 1 is 2.00 bits per heavy atom. The molecule has 33 valence electrons. The summed E-state index contributed by atoms with van der Waals surface area (Å²) in [6, 6.07) is 0. The summed E-state index contributed by atoms with van der Waals surface area (Å²) in [5.74, 6) is 0. The topological polar surface area (TPSA) is 52.1 Å². The molecule has 0 saturated heterocycles. The van der Waals surface area contributed by atoms with E-state index in [1.54, 1.807) is 6.20 Å². The van der Waals surface area contributed by atoms with Crippen LogP contribution in [-0.4, -0.2) is 0 Å². The zero-order valence-corrected chi connectivity index (χ0v) is 3.83. The second-order valence-corrected chi connectivity index (χ2v) is 1.69. The summed E-state index contributed by atoms with van der Waals surface area (Å²) in [5.41, 5.74) is 7.78. The fourth-order valence-corrected chi connectivity index (χ4v) is 0.512. The number of hydrogen-bond acceptors (Lipinski definition) is 3. The van der Waals surface area contributed by atoms with E-state index in [0.29, 0.717) is 0 Å². The SMILES string of the molecule is NC1=CN[N]S1. The Morgan fingerprint density at radius 2 is 2.83 bits per heavy atom. The van der Waals surface area contributed by atoms with Crippen molar-refractivity contribution < 1.29 is 0 Å². The second-order valence-electron chi connectivity index (χ2n) is 0.858. The lowest BCUT2D eigenvalue weighted by atomic mass is 10.9. The molecule has 1 rings (SSSR count). The summed E-state index contributed by atoms with van der Waals surface area (Å²) in [7, 11) is 0. The highest BCUT2D eigenvalue weighted by molar-refractivity contribution is 8.01. The van der Waals surface area contributed by atoms with E-state index >= 15 is 0 Å². The fourth-order valence-electron chi connectivity index (χ4n) is 0.195. The van der Waals surface area contributed by atoms with E-state index in [2.05, 4.69) is 10.3 Å². The maximum atomic E-state index is 5.20. The van der Waals surface area contributed by atoms with Crippen molar-refractivity contribution in [3.63, 3.8) is 0 Å². The van der Waals surface area contributed by atoms with E-state index < -0.39 is 0 Å². The van der Waals surface area contributed by atoms with E-state index in [9.17, 15) is 0 Å². The van der Waals surface area contributed by atoms with Crippen molar-refractivity contribution in [2.45, 2.75) is 0 Å². The first-order chi connectivity index (χ1) is 2.89. The monoisotopic (exact) mass is 102 g/mol. The van der Waals surface area contributed by atoms with Crippen molar-refractivity contribution in [3.05, 3.63) is 11.2 Å². The summed E-state index contributed by atoms with van der Waals surface area (Å²) < 4.78 is 0. The van der Waals surface area contributed by atoms with E-state index in [0.717, 1.165) is 5.03 Å². The van der Waals surface area contributed by atoms with Crippen molar-refractivity contribution >= 4 is 11.9 Å². The smallest absolute Gasteiger partial charge is 0.102 e. The molecular formula is C2H4N3S. The molecule has 0 aromatic carbocycles. The van der Waals surface area contributed by atoms with Crippen LogP contribution in [0.2, 0.25) is 0 Å². The molecule has 0 aliphatic carbocycles. The van der Waals surface area contributed by atoms with Gasteiger partial charge in [0.2, 0.25) is 0 Å². The molecule has 1 radical (unpaired) electrons. The van der Waals surface area contributed by atoms with Gasteiger partial charge in [-0.25, -0.2) is 0 Å². The normalized spacial score (nSPS) is 19.7. The van der Waals surface area contributed by atoms with Gasteiger partial charge in [0.15, 0.2) is 0 Å². The highest BCUT2D eigenvalue weighted by Gasteiger charge is 1.96. The molecule has 0 amide bonds. The molecular weight excluding hydrogens is 98.1 g/mol. The van der Waals surface area contributed by atoms with Crippen molar-refractivity contribution in [1.82, 2.24) is 10.3 Å². The first-order valence-electron chi connectivity index (χ1n) is 1.48. The fraction of sp³-hybridized carbons (Fsp3) is 0. The molecule has 0 atom stereocenters. The molecule has 1 aliphatic heterocycles. The van der Waals surface area contributed by atoms with Crippen molar-refractivity contribution in [2.24, 2.45) is 5.73 Å². The molecule has 0 spiro atoms. The first kappa shape index (κ1) is 3.83.